The minimum atomic E-state index is -0.383. The molecule has 0 saturated heterocycles. The Balaban J connectivity index is 1.82. The predicted molar refractivity (Wildman–Crippen MR) is 65.6 cm³/mol. The Kier molecular flexibility index (Phi) is 2.47. The number of nitrogens with one attached hydrogen (secondary N) is 1. The van der Waals surface area contributed by atoms with Gasteiger partial charge in [-0.25, -0.2) is 0 Å². The van der Waals surface area contributed by atoms with Crippen LogP contribution < -0.4 is 5.32 Å². The largest absolute Gasteiger partial charge is 0.372 e. The zero-order chi connectivity index (χ0) is 11.8. The minimum absolute atomic E-state index is 0.0389. The normalized spacial score (nSPS) is 15.3. The minimum Gasteiger partial charge on any atom is -0.363 e. The van der Waals surface area contributed by atoms with E-state index in [-0.39, 0.29) is 10.7 Å². The van der Waals surface area contributed by atoms with Gasteiger partial charge < -0.3 is 15.4 Å². The van der Waals surface area contributed by atoms with Crippen LogP contribution in [0.3, 0.4) is 0 Å². The van der Waals surface area contributed by atoms with Crippen molar-refractivity contribution in [3.8, 4) is 0 Å². The summed E-state index contributed by atoms with van der Waals surface area (Å²) in [5.41, 5.74) is 0. The number of aromatic nitrogens is 2. The number of nitro groups is 1. The second-order valence-electron chi connectivity index (χ2n) is 4.26. The average Bonchev–Trinajstić information content (AvgIpc) is 2.85. The lowest BCUT2D eigenvalue weighted by atomic mass is 10.3. The predicted octanol–water partition coefficient (Wildman–Crippen LogP) is 2.52. The Morgan fingerprint density at radius 1 is 1.65 bits per heavy atom. The summed E-state index contributed by atoms with van der Waals surface area (Å²) in [6, 6.07) is 0. The fraction of sp³-hybridized carbons (Fsp3) is 0.500. The lowest BCUT2D eigenvalue weighted by Gasteiger charge is -2.01. The molecule has 1 N–H and O–H groups in total. The summed E-state index contributed by atoms with van der Waals surface area (Å²) in [4.78, 5) is 15.5. The Morgan fingerprint density at radius 2 is 2.47 bits per heavy atom. The Labute approximate surface area is 101 Å². The number of hydrogen-bond acceptors (Lipinski definition) is 5. The summed E-state index contributed by atoms with van der Waals surface area (Å²) in [7, 11) is 0. The van der Waals surface area contributed by atoms with Gasteiger partial charge in [0.05, 0.1) is 0 Å². The van der Waals surface area contributed by atoms with Gasteiger partial charge in [0.2, 0.25) is 5.82 Å². The summed E-state index contributed by atoms with van der Waals surface area (Å²) < 4.78 is 1.52. The first-order valence-corrected chi connectivity index (χ1v) is 6.47. The molecule has 0 amide bonds. The van der Waals surface area contributed by atoms with Crippen LogP contribution in [0, 0.1) is 16.0 Å². The smallest absolute Gasteiger partial charge is 0.363 e. The van der Waals surface area contributed by atoms with Crippen molar-refractivity contribution in [2.24, 2.45) is 5.92 Å². The van der Waals surface area contributed by atoms with Crippen LogP contribution in [0.1, 0.15) is 19.3 Å². The van der Waals surface area contributed by atoms with Gasteiger partial charge in [0, 0.05) is 11.9 Å². The molecule has 2 heterocycles. The SMILES string of the molecule is O=[N+]([O-])c1c(NCCC2CC2)nc2sccn12. The number of anilines is 1. The third-order valence-electron chi connectivity index (χ3n) is 2.95. The number of nitrogens with zero attached hydrogens (tertiary/aromatic N) is 3. The van der Waals surface area contributed by atoms with Crippen molar-refractivity contribution in [3.63, 3.8) is 0 Å². The molecule has 0 radical (unpaired) electrons. The maximum Gasteiger partial charge on any atom is 0.372 e. The molecule has 90 valence electrons. The number of rotatable bonds is 5. The first kappa shape index (κ1) is 10.5. The van der Waals surface area contributed by atoms with Crippen molar-refractivity contribution < 1.29 is 4.92 Å². The van der Waals surface area contributed by atoms with Gasteiger partial charge in [-0.15, -0.1) is 0 Å². The molecule has 0 aromatic carbocycles. The highest BCUT2D eigenvalue weighted by atomic mass is 32.1. The topological polar surface area (TPSA) is 72.5 Å². The van der Waals surface area contributed by atoms with Crippen LogP contribution in [0.2, 0.25) is 0 Å². The van der Waals surface area contributed by atoms with Crippen LogP contribution in [0.25, 0.3) is 4.96 Å². The van der Waals surface area contributed by atoms with E-state index in [1.165, 1.54) is 28.6 Å². The van der Waals surface area contributed by atoms with Gasteiger partial charge in [-0.2, -0.15) is 9.38 Å². The van der Waals surface area contributed by atoms with E-state index in [0.717, 1.165) is 18.9 Å². The highest BCUT2D eigenvalue weighted by Gasteiger charge is 2.24. The van der Waals surface area contributed by atoms with Crippen molar-refractivity contribution in [2.75, 3.05) is 11.9 Å². The Bertz CT molecular complexity index is 558. The van der Waals surface area contributed by atoms with Crippen LogP contribution in [0.4, 0.5) is 11.6 Å². The van der Waals surface area contributed by atoms with Gasteiger partial charge in [-0.3, -0.25) is 0 Å². The van der Waals surface area contributed by atoms with Crippen LogP contribution in [-0.4, -0.2) is 20.9 Å². The Hall–Kier alpha value is -1.63. The van der Waals surface area contributed by atoms with Crippen molar-refractivity contribution in [3.05, 3.63) is 21.7 Å². The molecule has 0 spiro atoms. The van der Waals surface area contributed by atoms with Gasteiger partial charge in [-0.1, -0.05) is 24.2 Å². The molecule has 0 aliphatic heterocycles. The molecule has 17 heavy (non-hydrogen) atoms. The van der Waals surface area contributed by atoms with E-state index >= 15 is 0 Å². The van der Waals surface area contributed by atoms with Crippen molar-refractivity contribution in [1.29, 1.82) is 0 Å². The van der Waals surface area contributed by atoms with E-state index < -0.39 is 0 Å². The number of fused-ring (bicyclic) bond motifs is 1. The monoisotopic (exact) mass is 252 g/mol. The highest BCUT2D eigenvalue weighted by Crippen LogP contribution is 2.33. The first-order valence-electron chi connectivity index (χ1n) is 5.59. The quantitative estimate of drug-likeness (QED) is 0.655. The summed E-state index contributed by atoms with van der Waals surface area (Å²) in [5, 5.41) is 15.9. The number of hydrogen-bond donors (Lipinski definition) is 1. The first-order chi connectivity index (χ1) is 8.25. The molecular formula is C10H12N4O2S. The number of imidazole rings is 1. The van der Waals surface area contributed by atoms with E-state index in [1.807, 2.05) is 0 Å². The molecule has 0 atom stereocenters. The maximum absolute atomic E-state index is 11.0. The van der Waals surface area contributed by atoms with Crippen molar-refractivity contribution in [2.45, 2.75) is 19.3 Å². The molecule has 2 aromatic rings. The van der Waals surface area contributed by atoms with Gasteiger partial charge in [0.15, 0.2) is 0 Å². The summed E-state index contributed by atoms with van der Waals surface area (Å²) in [6.07, 6.45) is 5.34. The lowest BCUT2D eigenvalue weighted by molar-refractivity contribution is -0.389. The van der Waals surface area contributed by atoms with E-state index in [2.05, 4.69) is 10.3 Å². The molecule has 0 unspecified atom stereocenters. The summed E-state index contributed by atoms with van der Waals surface area (Å²) >= 11 is 1.40. The molecular weight excluding hydrogens is 240 g/mol. The zero-order valence-corrected chi connectivity index (χ0v) is 9.94. The van der Waals surface area contributed by atoms with Gasteiger partial charge in [0.25, 0.3) is 4.96 Å². The zero-order valence-electron chi connectivity index (χ0n) is 9.13. The summed E-state index contributed by atoms with van der Waals surface area (Å²) in [5.74, 6) is 1.24. The van der Waals surface area contributed by atoms with Gasteiger partial charge in [0.1, 0.15) is 6.20 Å². The highest BCUT2D eigenvalue weighted by molar-refractivity contribution is 7.15. The maximum atomic E-state index is 11.0. The van der Waals surface area contributed by atoms with Crippen molar-refractivity contribution in [1.82, 2.24) is 9.38 Å². The molecule has 3 rings (SSSR count). The molecule has 2 aromatic heterocycles. The van der Waals surface area contributed by atoms with Crippen LogP contribution in [0.5, 0.6) is 0 Å². The third-order valence-corrected chi connectivity index (χ3v) is 3.71. The van der Waals surface area contributed by atoms with Crippen LogP contribution in [0.15, 0.2) is 11.6 Å². The number of thiazole rings is 1. The van der Waals surface area contributed by atoms with Gasteiger partial charge >= 0.3 is 5.82 Å². The van der Waals surface area contributed by atoms with Crippen LogP contribution >= 0.6 is 11.3 Å². The molecule has 1 aliphatic rings. The summed E-state index contributed by atoms with van der Waals surface area (Å²) in [6.45, 7) is 0.760. The molecule has 6 nitrogen and oxygen atoms in total. The van der Waals surface area contributed by atoms with E-state index in [9.17, 15) is 10.1 Å². The third kappa shape index (κ3) is 1.97. The second-order valence-corrected chi connectivity index (χ2v) is 5.13. The van der Waals surface area contributed by atoms with Crippen LogP contribution in [-0.2, 0) is 0 Å². The second kappa shape index (κ2) is 3.99. The Morgan fingerprint density at radius 3 is 3.18 bits per heavy atom. The molecule has 1 saturated carbocycles. The fourth-order valence-corrected chi connectivity index (χ4v) is 2.58. The van der Waals surface area contributed by atoms with Gasteiger partial charge in [-0.05, 0) is 17.3 Å². The molecule has 7 heteroatoms. The molecule has 0 bridgehead atoms. The average molecular weight is 252 g/mol. The van der Waals surface area contributed by atoms with E-state index in [0.29, 0.717) is 10.8 Å². The van der Waals surface area contributed by atoms with E-state index in [1.54, 1.807) is 11.6 Å². The molecule has 1 fully saturated rings. The fourth-order valence-electron chi connectivity index (χ4n) is 1.87. The lowest BCUT2D eigenvalue weighted by Crippen LogP contribution is -2.05. The van der Waals surface area contributed by atoms with E-state index in [4.69, 9.17) is 0 Å². The molecule has 1 aliphatic carbocycles. The standard InChI is InChI=1S/C10H12N4O2S/c15-14(16)9-8(11-4-3-7-1-2-7)12-10-13(9)5-6-17-10/h5-7,11H,1-4H2. The van der Waals surface area contributed by atoms with Crippen molar-refractivity contribution >= 4 is 27.9 Å².